The SMILES string of the molecule is COc1ccc(F)cc1[C@@H](N)Cn1c(=O)c(N2CCN(Cc3cccc([N+](=O)[O-])c3)CC2)c(C)n(Cc2c(F)cccc2F)c1=O. The fraction of sp³-hybridized carbons (Fsp3) is 0.312. The van der Waals surface area contributed by atoms with Crippen LogP contribution in [0, 0.1) is 34.5 Å². The zero-order valence-electron chi connectivity index (χ0n) is 25.3. The lowest BCUT2D eigenvalue weighted by Gasteiger charge is -2.37. The number of hydrogen-bond donors (Lipinski definition) is 1. The molecule has 0 bridgehead atoms. The Labute approximate surface area is 262 Å². The number of ether oxygens (including phenoxy) is 1. The lowest BCUT2D eigenvalue weighted by Crippen LogP contribution is -2.51. The summed E-state index contributed by atoms with van der Waals surface area (Å²) in [5, 5.41) is 11.2. The fourth-order valence-corrected chi connectivity index (χ4v) is 5.79. The molecule has 0 amide bonds. The largest absolute Gasteiger partial charge is 0.496 e. The van der Waals surface area contributed by atoms with E-state index >= 15 is 0 Å². The third-order valence-corrected chi connectivity index (χ3v) is 8.22. The molecule has 1 aliphatic heterocycles. The minimum atomic E-state index is -1.04. The lowest BCUT2D eigenvalue weighted by molar-refractivity contribution is -0.384. The van der Waals surface area contributed by atoms with Crippen LogP contribution in [-0.2, 0) is 19.6 Å². The van der Waals surface area contributed by atoms with Gasteiger partial charge in [0.1, 0.15) is 28.9 Å². The van der Waals surface area contributed by atoms with Gasteiger partial charge in [0.05, 0.1) is 31.2 Å². The van der Waals surface area contributed by atoms with Crippen LogP contribution in [0.2, 0.25) is 0 Å². The molecule has 1 saturated heterocycles. The first kappa shape index (κ1) is 32.4. The van der Waals surface area contributed by atoms with Crippen molar-refractivity contribution in [2.45, 2.75) is 32.6 Å². The molecular weight excluding hydrogens is 605 g/mol. The topological polar surface area (TPSA) is 129 Å². The normalized spacial score (nSPS) is 14.3. The second-order valence-electron chi connectivity index (χ2n) is 11.1. The summed E-state index contributed by atoms with van der Waals surface area (Å²) in [6.45, 7) is 2.85. The Morgan fingerprint density at radius 3 is 2.26 bits per heavy atom. The number of anilines is 1. The maximum absolute atomic E-state index is 14.7. The summed E-state index contributed by atoms with van der Waals surface area (Å²) >= 11 is 0. The van der Waals surface area contributed by atoms with E-state index in [1.165, 1.54) is 37.4 Å². The number of hydrogen-bond acceptors (Lipinski definition) is 8. The van der Waals surface area contributed by atoms with E-state index in [4.69, 9.17) is 10.5 Å². The molecule has 3 aromatic carbocycles. The molecule has 14 heteroatoms. The number of halogens is 3. The van der Waals surface area contributed by atoms with Crippen molar-refractivity contribution in [1.29, 1.82) is 0 Å². The first-order valence-electron chi connectivity index (χ1n) is 14.5. The van der Waals surface area contributed by atoms with Gasteiger partial charge in [-0.2, -0.15) is 0 Å². The van der Waals surface area contributed by atoms with E-state index in [0.29, 0.717) is 32.7 Å². The maximum Gasteiger partial charge on any atom is 0.331 e. The number of nitrogens with zero attached hydrogens (tertiary/aromatic N) is 5. The molecule has 2 N–H and O–H groups in total. The molecule has 2 heterocycles. The lowest BCUT2D eigenvalue weighted by atomic mass is 10.1. The number of nitrogens with two attached hydrogens (primary N) is 1. The quantitative estimate of drug-likeness (QED) is 0.206. The predicted molar refractivity (Wildman–Crippen MR) is 166 cm³/mol. The molecule has 0 aliphatic carbocycles. The fourth-order valence-electron chi connectivity index (χ4n) is 5.79. The smallest absolute Gasteiger partial charge is 0.331 e. The van der Waals surface area contributed by atoms with E-state index in [-0.39, 0.29) is 40.5 Å². The van der Waals surface area contributed by atoms with Crippen LogP contribution in [0.4, 0.5) is 24.5 Å². The first-order valence-corrected chi connectivity index (χ1v) is 14.5. The molecule has 4 aromatic rings. The highest BCUT2D eigenvalue weighted by molar-refractivity contribution is 5.50. The summed E-state index contributed by atoms with van der Waals surface area (Å²) in [5.41, 5.74) is 5.98. The second kappa shape index (κ2) is 13.6. The van der Waals surface area contributed by atoms with Crippen LogP contribution in [0.15, 0.2) is 70.3 Å². The Bertz CT molecular complexity index is 1870. The minimum Gasteiger partial charge on any atom is -0.496 e. The summed E-state index contributed by atoms with van der Waals surface area (Å²) in [6, 6.07) is 12.5. The zero-order valence-corrected chi connectivity index (χ0v) is 25.3. The number of aromatic nitrogens is 2. The minimum absolute atomic E-state index is 0.00470. The number of rotatable bonds is 10. The van der Waals surface area contributed by atoms with Crippen molar-refractivity contribution >= 4 is 11.4 Å². The Balaban J connectivity index is 1.51. The number of non-ortho nitro benzene ring substituents is 1. The van der Waals surface area contributed by atoms with Crippen LogP contribution in [0.25, 0.3) is 0 Å². The third-order valence-electron chi connectivity index (χ3n) is 8.22. The number of benzene rings is 3. The molecule has 1 aliphatic rings. The highest BCUT2D eigenvalue weighted by atomic mass is 19.1. The Morgan fingerprint density at radius 2 is 1.61 bits per heavy atom. The maximum atomic E-state index is 14.7. The number of nitro benzene ring substituents is 1. The van der Waals surface area contributed by atoms with Crippen molar-refractivity contribution in [3.05, 3.63) is 131 Å². The van der Waals surface area contributed by atoms with Gasteiger partial charge in [0.2, 0.25) is 0 Å². The highest BCUT2D eigenvalue weighted by Gasteiger charge is 2.27. The van der Waals surface area contributed by atoms with Gasteiger partial charge in [-0.1, -0.05) is 18.2 Å². The van der Waals surface area contributed by atoms with E-state index in [2.05, 4.69) is 4.90 Å². The van der Waals surface area contributed by atoms with Crippen molar-refractivity contribution in [3.8, 4) is 5.75 Å². The molecule has 242 valence electrons. The van der Waals surface area contributed by atoms with Crippen LogP contribution in [0.5, 0.6) is 5.75 Å². The molecule has 0 spiro atoms. The molecule has 1 atom stereocenters. The monoisotopic (exact) mass is 638 g/mol. The standard InChI is InChI=1S/C32H33F3N6O5/c1-20-30(38-13-11-37(12-14-38)17-21-5-3-6-23(15-21)41(44)45)31(42)40(19-28(36)24-16-22(33)9-10-29(24)46-2)32(43)39(20)18-25-26(34)7-4-8-27(25)35/h3-10,15-16,28H,11-14,17-19,36H2,1-2H3/t28-/m0/s1. The van der Waals surface area contributed by atoms with Gasteiger partial charge in [-0.15, -0.1) is 0 Å². The van der Waals surface area contributed by atoms with Crippen LogP contribution >= 0.6 is 0 Å². The summed E-state index contributed by atoms with van der Waals surface area (Å²) in [5.74, 6) is -2.01. The molecule has 1 fully saturated rings. The van der Waals surface area contributed by atoms with Gasteiger partial charge in [0, 0.05) is 61.7 Å². The van der Waals surface area contributed by atoms with E-state index in [1.807, 2.05) is 0 Å². The Hall–Kier alpha value is -4.95. The number of piperazine rings is 1. The van der Waals surface area contributed by atoms with E-state index < -0.39 is 46.2 Å². The van der Waals surface area contributed by atoms with Crippen LogP contribution in [0.3, 0.4) is 0 Å². The van der Waals surface area contributed by atoms with Crippen molar-refractivity contribution in [2.24, 2.45) is 5.73 Å². The molecule has 1 aromatic heterocycles. The van der Waals surface area contributed by atoms with Crippen molar-refractivity contribution in [2.75, 3.05) is 38.2 Å². The number of nitro groups is 1. The summed E-state index contributed by atoms with van der Waals surface area (Å²) in [4.78, 5) is 42.5. The van der Waals surface area contributed by atoms with Crippen molar-refractivity contribution in [3.63, 3.8) is 0 Å². The zero-order chi connectivity index (χ0) is 33.1. The van der Waals surface area contributed by atoms with Gasteiger partial charge in [0.25, 0.3) is 11.2 Å². The van der Waals surface area contributed by atoms with Gasteiger partial charge < -0.3 is 15.4 Å². The van der Waals surface area contributed by atoms with Crippen LogP contribution in [0.1, 0.15) is 28.4 Å². The molecule has 0 saturated carbocycles. The van der Waals surface area contributed by atoms with Crippen LogP contribution in [-0.4, -0.2) is 52.2 Å². The highest BCUT2D eigenvalue weighted by Crippen LogP contribution is 2.26. The van der Waals surface area contributed by atoms with Gasteiger partial charge in [-0.3, -0.25) is 28.9 Å². The average Bonchev–Trinajstić information content (AvgIpc) is 3.03. The number of methoxy groups -OCH3 is 1. The van der Waals surface area contributed by atoms with Gasteiger partial charge in [0.15, 0.2) is 0 Å². The summed E-state index contributed by atoms with van der Waals surface area (Å²) in [7, 11) is 1.38. The van der Waals surface area contributed by atoms with Crippen LogP contribution < -0.4 is 26.6 Å². The second-order valence-corrected chi connectivity index (χ2v) is 11.1. The van der Waals surface area contributed by atoms with Gasteiger partial charge in [-0.25, -0.2) is 18.0 Å². The molecule has 46 heavy (non-hydrogen) atoms. The molecule has 0 unspecified atom stereocenters. The summed E-state index contributed by atoms with van der Waals surface area (Å²) < 4.78 is 51.0. The van der Waals surface area contributed by atoms with E-state index in [1.54, 1.807) is 24.0 Å². The Morgan fingerprint density at radius 1 is 0.935 bits per heavy atom. The summed E-state index contributed by atoms with van der Waals surface area (Å²) in [6.07, 6.45) is 0. The van der Waals surface area contributed by atoms with Gasteiger partial charge in [-0.05, 0) is 42.8 Å². The third kappa shape index (κ3) is 6.67. The van der Waals surface area contributed by atoms with E-state index in [9.17, 15) is 32.9 Å². The first-order chi connectivity index (χ1) is 22.0. The average molecular weight is 639 g/mol. The van der Waals surface area contributed by atoms with Crippen molar-refractivity contribution in [1.82, 2.24) is 14.0 Å². The van der Waals surface area contributed by atoms with E-state index in [0.717, 1.165) is 32.9 Å². The predicted octanol–water partition coefficient (Wildman–Crippen LogP) is 3.72. The molecule has 11 nitrogen and oxygen atoms in total. The van der Waals surface area contributed by atoms with Gasteiger partial charge >= 0.3 is 5.69 Å². The Kier molecular flexibility index (Phi) is 9.58. The molecule has 0 radical (unpaired) electrons. The van der Waals surface area contributed by atoms with Crippen molar-refractivity contribution < 1.29 is 22.8 Å². The molecule has 5 rings (SSSR count). The molecular formula is C32H33F3N6O5.